The van der Waals surface area contributed by atoms with Crippen LogP contribution in [0.5, 0.6) is 0 Å². The molecule has 2 saturated heterocycles. The molecule has 1 spiro atoms. The highest BCUT2D eigenvalue weighted by atomic mass is 16.5. The second-order valence-electron chi connectivity index (χ2n) is 8.26. The van der Waals surface area contributed by atoms with Gasteiger partial charge in [0.1, 0.15) is 0 Å². The van der Waals surface area contributed by atoms with Gasteiger partial charge in [-0.1, -0.05) is 30.3 Å². The van der Waals surface area contributed by atoms with Crippen LogP contribution >= 0.6 is 0 Å². The van der Waals surface area contributed by atoms with Crippen molar-refractivity contribution in [1.82, 2.24) is 19.8 Å². The van der Waals surface area contributed by atoms with Gasteiger partial charge in [0.15, 0.2) is 0 Å². The van der Waals surface area contributed by atoms with Crippen molar-refractivity contribution in [3.05, 3.63) is 54.1 Å². The number of piperidine rings is 1. The topological polar surface area (TPSA) is 61.5 Å². The molecule has 0 amide bonds. The molecule has 28 heavy (non-hydrogen) atoms. The average molecular weight is 383 g/mol. The number of hydrogen-bond donors (Lipinski definition) is 1. The standard InChI is InChI=1S/C22H30N4O2/c1-28-21(27)20-15-26(10-7-18-5-3-2-4-6-18)16-22(20)8-11-25(12-9-22)14-19-13-23-17-24-19/h2-6,13,17,20H,7-12,14-16H2,1H3,(H,23,24). The maximum absolute atomic E-state index is 12.6. The van der Waals surface area contributed by atoms with Gasteiger partial charge in [-0.25, -0.2) is 4.98 Å². The van der Waals surface area contributed by atoms with Gasteiger partial charge in [-0.2, -0.15) is 0 Å². The Balaban J connectivity index is 1.39. The third-order valence-corrected chi connectivity index (χ3v) is 6.56. The number of rotatable bonds is 6. The monoisotopic (exact) mass is 382 g/mol. The van der Waals surface area contributed by atoms with Gasteiger partial charge in [-0.05, 0) is 37.9 Å². The fourth-order valence-electron chi connectivity index (χ4n) is 4.92. The van der Waals surface area contributed by atoms with E-state index in [-0.39, 0.29) is 17.3 Å². The van der Waals surface area contributed by atoms with Gasteiger partial charge in [-0.15, -0.1) is 0 Å². The van der Waals surface area contributed by atoms with Crippen LogP contribution in [0.25, 0.3) is 0 Å². The van der Waals surface area contributed by atoms with Crippen LogP contribution in [0.3, 0.4) is 0 Å². The molecule has 6 nitrogen and oxygen atoms in total. The molecule has 1 aromatic heterocycles. The Bertz CT molecular complexity index is 754. The third-order valence-electron chi connectivity index (χ3n) is 6.56. The molecule has 0 saturated carbocycles. The van der Waals surface area contributed by atoms with Crippen LogP contribution in [0, 0.1) is 11.3 Å². The number of methoxy groups -OCH3 is 1. The molecule has 6 heteroatoms. The second kappa shape index (κ2) is 8.45. The normalized spacial score (nSPS) is 22.5. The lowest BCUT2D eigenvalue weighted by Gasteiger charge is -2.41. The van der Waals surface area contributed by atoms with Crippen molar-refractivity contribution >= 4 is 5.97 Å². The van der Waals surface area contributed by atoms with Crippen LogP contribution in [0.4, 0.5) is 0 Å². The summed E-state index contributed by atoms with van der Waals surface area (Å²) in [5.74, 6) is -0.0493. The molecule has 1 unspecified atom stereocenters. The summed E-state index contributed by atoms with van der Waals surface area (Å²) in [4.78, 5) is 24.8. The number of benzene rings is 1. The van der Waals surface area contributed by atoms with Crippen molar-refractivity contribution in [3.8, 4) is 0 Å². The molecular weight excluding hydrogens is 352 g/mol. The van der Waals surface area contributed by atoms with E-state index in [2.05, 4.69) is 50.1 Å². The third kappa shape index (κ3) is 4.13. The smallest absolute Gasteiger partial charge is 0.310 e. The van der Waals surface area contributed by atoms with E-state index in [9.17, 15) is 4.79 Å². The highest BCUT2D eigenvalue weighted by Crippen LogP contribution is 2.45. The van der Waals surface area contributed by atoms with Gasteiger partial charge in [0.2, 0.25) is 0 Å². The number of aromatic amines is 1. The lowest BCUT2D eigenvalue weighted by molar-refractivity contribution is -0.149. The Morgan fingerprint density at radius 2 is 2.04 bits per heavy atom. The maximum atomic E-state index is 12.6. The molecule has 1 aromatic carbocycles. The first kappa shape index (κ1) is 19.2. The number of hydrogen-bond acceptors (Lipinski definition) is 5. The number of nitrogens with zero attached hydrogens (tertiary/aromatic N) is 3. The molecule has 1 atom stereocenters. The first-order valence-corrected chi connectivity index (χ1v) is 10.2. The summed E-state index contributed by atoms with van der Waals surface area (Å²) in [6, 6.07) is 10.6. The van der Waals surface area contributed by atoms with Crippen molar-refractivity contribution in [2.45, 2.75) is 25.8 Å². The predicted molar refractivity (Wildman–Crippen MR) is 108 cm³/mol. The number of nitrogens with one attached hydrogen (secondary N) is 1. The molecule has 150 valence electrons. The zero-order chi connectivity index (χ0) is 19.4. The molecule has 2 aliphatic rings. The number of ether oxygens (including phenoxy) is 1. The molecule has 0 aliphatic carbocycles. The van der Waals surface area contributed by atoms with E-state index in [1.807, 2.05) is 6.20 Å². The van der Waals surface area contributed by atoms with Crippen molar-refractivity contribution in [2.75, 3.05) is 39.8 Å². The van der Waals surface area contributed by atoms with Gasteiger partial charge in [-0.3, -0.25) is 9.69 Å². The Morgan fingerprint density at radius 1 is 1.25 bits per heavy atom. The number of likely N-dealkylation sites (tertiary alicyclic amines) is 2. The number of aromatic nitrogens is 2. The maximum Gasteiger partial charge on any atom is 0.310 e. The van der Waals surface area contributed by atoms with E-state index in [1.54, 1.807) is 6.33 Å². The van der Waals surface area contributed by atoms with Crippen LogP contribution in [-0.4, -0.2) is 65.6 Å². The quantitative estimate of drug-likeness (QED) is 0.777. The SMILES string of the molecule is COC(=O)C1CN(CCc2ccccc2)CC12CCN(Cc1cnc[nH]1)CC2. The van der Waals surface area contributed by atoms with E-state index in [4.69, 9.17) is 4.74 Å². The molecule has 4 rings (SSSR count). The lowest BCUT2D eigenvalue weighted by Crippen LogP contribution is -2.46. The van der Waals surface area contributed by atoms with E-state index in [1.165, 1.54) is 12.7 Å². The van der Waals surface area contributed by atoms with Crippen molar-refractivity contribution in [1.29, 1.82) is 0 Å². The zero-order valence-electron chi connectivity index (χ0n) is 16.6. The van der Waals surface area contributed by atoms with E-state index in [0.29, 0.717) is 0 Å². The van der Waals surface area contributed by atoms with Crippen molar-refractivity contribution < 1.29 is 9.53 Å². The Morgan fingerprint density at radius 3 is 2.71 bits per heavy atom. The van der Waals surface area contributed by atoms with Gasteiger partial charge in [0.25, 0.3) is 0 Å². The molecule has 1 N–H and O–H groups in total. The first-order chi connectivity index (χ1) is 13.7. The van der Waals surface area contributed by atoms with Crippen molar-refractivity contribution in [2.24, 2.45) is 11.3 Å². The Hall–Kier alpha value is -2.18. The minimum Gasteiger partial charge on any atom is -0.469 e. The van der Waals surface area contributed by atoms with E-state index < -0.39 is 0 Å². The summed E-state index contributed by atoms with van der Waals surface area (Å²) in [6.45, 7) is 5.74. The molecule has 2 fully saturated rings. The second-order valence-corrected chi connectivity index (χ2v) is 8.26. The average Bonchev–Trinajstić information content (AvgIpc) is 3.37. The number of imidazole rings is 1. The van der Waals surface area contributed by atoms with Crippen LogP contribution in [0.15, 0.2) is 42.9 Å². The summed E-state index contributed by atoms with van der Waals surface area (Å²) in [6.07, 6.45) is 6.74. The molecule has 0 bridgehead atoms. The largest absolute Gasteiger partial charge is 0.469 e. The summed E-state index contributed by atoms with van der Waals surface area (Å²) in [5.41, 5.74) is 2.55. The Kier molecular flexibility index (Phi) is 5.78. The summed E-state index contributed by atoms with van der Waals surface area (Å²) in [7, 11) is 1.52. The predicted octanol–water partition coefficient (Wildman–Crippen LogP) is 2.34. The minimum atomic E-state index is -0.0378. The highest BCUT2D eigenvalue weighted by molar-refractivity contribution is 5.74. The summed E-state index contributed by atoms with van der Waals surface area (Å²) >= 11 is 0. The molecule has 0 radical (unpaired) electrons. The van der Waals surface area contributed by atoms with Gasteiger partial charge in [0, 0.05) is 43.5 Å². The number of H-pyrrole nitrogens is 1. The molecule has 2 aromatic rings. The number of carbonyl (C=O) groups excluding carboxylic acids is 1. The minimum absolute atomic E-state index is 0.0115. The molecular formula is C22H30N4O2. The first-order valence-electron chi connectivity index (χ1n) is 10.2. The number of carbonyl (C=O) groups is 1. The van der Waals surface area contributed by atoms with E-state index >= 15 is 0 Å². The van der Waals surface area contributed by atoms with Crippen LogP contribution in [0.2, 0.25) is 0 Å². The van der Waals surface area contributed by atoms with Crippen LogP contribution in [-0.2, 0) is 22.5 Å². The fourth-order valence-corrected chi connectivity index (χ4v) is 4.92. The van der Waals surface area contributed by atoms with Crippen LogP contribution in [0.1, 0.15) is 24.1 Å². The van der Waals surface area contributed by atoms with Crippen molar-refractivity contribution in [3.63, 3.8) is 0 Å². The molecule has 3 heterocycles. The van der Waals surface area contributed by atoms with Crippen LogP contribution < -0.4 is 0 Å². The van der Waals surface area contributed by atoms with Gasteiger partial charge < -0.3 is 14.6 Å². The van der Waals surface area contributed by atoms with Gasteiger partial charge in [0.05, 0.1) is 19.4 Å². The molecule has 2 aliphatic heterocycles. The van der Waals surface area contributed by atoms with E-state index in [0.717, 1.165) is 64.2 Å². The van der Waals surface area contributed by atoms with Gasteiger partial charge >= 0.3 is 5.97 Å². The fraction of sp³-hybridized carbons (Fsp3) is 0.545. The lowest BCUT2D eigenvalue weighted by atomic mass is 9.71. The summed E-state index contributed by atoms with van der Waals surface area (Å²) in [5, 5.41) is 0. The number of esters is 1. The highest BCUT2D eigenvalue weighted by Gasteiger charge is 2.51. The zero-order valence-corrected chi connectivity index (χ0v) is 16.6. The Labute approximate surface area is 166 Å². The summed E-state index contributed by atoms with van der Waals surface area (Å²) < 4.78 is 5.19.